The Morgan fingerprint density at radius 2 is 1.88 bits per heavy atom. The maximum absolute atomic E-state index is 13.4. The second kappa shape index (κ2) is 3.90. The fourth-order valence-electron chi connectivity index (χ4n) is 1.61. The summed E-state index contributed by atoms with van der Waals surface area (Å²) in [5.74, 6) is -1.41. The van der Waals surface area contributed by atoms with Gasteiger partial charge in [-0.1, -0.05) is 0 Å². The summed E-state index contributed by atoms with van der Waals surface area (Å²) in [6, 6.07) is 2.15. The van der Waals surface area contributed by atoms with E-state index in [0.29, 0.717) is 6.54 Å². The van der Waals surface area contributed by atoms with Crippen LogP contribution in [0.4, 0.5) is 20.2 Å². The number of hydrogen-bond donors (Lipinski definition) is 3. The Labute approximate surface area is 92.3 Å². The fourth-order valence-corrected chi connectivity index (χ4v) is 1.61. The Hall–Kier alpha value is -1.36. The van der Waals surface area contributed by atoms with Gasteiger partial charge in [-0.2, -0.15) is 0 Å². The first kappa shape index (κ1) is 11.1. The van der Waals surface area contributed by atoms with Crippen LogP contribution in [-0.4, -0.2) is 18.3 Å². The van der Waals surface area contributed by atoms with Crippen molar-refractivity contribution in [3.8, 4) is 0 Å². The summed E-state index contributed by atoms with van der Waals surface area (Å²) in [4.78, 5) is 0. The Balaban J connectivity index is 2.09. The average Bonchev–Trinajstić information content (AvgIpc) is 2.97. The van der Waals surface area contributed by atoms with Gasteiger partial charge in [-0.05, 0) is 25.0 Å². The minimum Gasteiger partial charge on any atom is -0.399 e. The molecule has 0 unspecified atom stereocenters. The van der Waals surface area contributed by atoms with Crippen molar-refractivity contribution in [1.82, 2.24) is 0 Å². The zero-order chi connectivity index (χ0) is 11.8. The molecule has 2 rings (SSSR count). The van der Waals surface area contributed by atoms with Gasteiger partial charge in [-0.15, -0.1) is 0 Å². The number of nitrogens with one attached hydrogen (secondary N) is 1. The molecular formula is C11H14F2N2O. The molecule has 1 aliphatic carbocycles. The van der Waals surface area contributed by atoms with Gasteiger partial charge in [-0.25, -0.2) is 8.78 Å². The molecule has 0 aliphatic heterocycles. The lowest BCUT2D eigenvalue weighted by Crippen LogP contribution is -2.20. The van der Waals surface area contributed by atoms with Crippen LogP contribution < -0.4 is 11.1 Å². The van der Waals surface area contributed by atoms with Crippen LogP contribution >= 0.6 is 0 Å². The highest BCUT2D eigenvalue weighted by molar-refractivity contribution is 5.54. The first-order chi connectivity index (χ1) is 7.56. The zero-order valence-corrected chi connectivity index (χ0v) is 8.76. The van der Waals surface area contributed by atoms with Crippen molar-refractivity contribution < 1.29 is 13.9 Å². The smallest absolute Gasteiger partial charge is 0.151 e. The number of aliphatic hydroxyl groups excluding tert-OH is 1. The second-order valence-corrected chi connectivity index (χ2v) is 4.37. The summed E-state index contributed by atoms with van der Waals surface area (Å²) in [5.41, 5.74) is 4.99. The van der Waals surface area contributed by atoms with E-state index < -0.39 is 11.6 Å². The van der Waals surface area contributed by atoms with Crippen molar-refractivity contribution in [2.24, 2.45) is 5.41 Å². The summed E-state index contributed by atoms with van der Waals surface area (Å²) in [5, 5.41) is 11.8. The number of nitrogen functional groups attached to an aromatic ring is 1. The van der Waals surface area contributed by atoms with E-state index in [2.05, 4.69) is 5.32 Å². The molecule has 16 heavy (non-hydrogen) atoms. The molecule has 0 aromatic heterocycles. The van der Waals surface area contributed by atoms with Crippen LogP contribution in [0.5, 0.6) is 0 Å². The number of hydrogen-bond acceptors (Lipinski definition) is 3. The van der Waals surface area contributed by atoms with Crippen LogP contribution in [0.25, 0.3) is 0 Å². The average molecular weight is 228 g/mol. The summed E-state index contributed by atoms with van der Waals surface area (Å²) >= 11 is 0. The maximum atomic E-state index is 13.4. The van der Waals surface area contributed by atoms with Gasteiger partial charge >= 0.3 is 0 Å². The molecule has 3 nitrogen and oxygen atoms in total. The Bertz CT molecular complexity index is 382. The van der Waals surface area contributed by atoms with Gasteiger partial charge in [0.15, 0.2) is 11.6 Å². The monoisotopic (exact) mass is 228 g/mol. The van der Waals surface area contributed by atoms with Crippen LogP contribution in [0.1, 0.15) is 12.8 Å². The van der Waals surface area contributed by atoms with E-state index in [1.54, 1.807) is 0 Å². The van der Waals surface area contributed by atoms with Gasteiger partial charge in [-0.3, -0.25) is 0 Å². The summed E-state index contributed by atoms with van der Waals surface area (Å²) in [6.45, 7) is 0.416. The third-order valence-corrected chi connectivity index (χ3v) is 3.00. The molecule has 1 fully saturated rings. The Morgan fingerprint density at radius 3 is 2.31 bits per heavy atom. The quantitative estimate of drug-likeness (QED) is 0.688. The van der Waals surface area contributed by atoms with Gasteiger partial charge in [0.05, 0.1) is 6.61 Å². The number of anilines is 2. The van der Waals surface area contributed by atoms with E-state index in [1.807, 2.05) is 0 Å². The van der Waals surface area contributed by atoms with Crippen molar-refractivity contribution in [3.63, 3.8) is 0 Å². The second-order valence-electron chi connectivity index (χ2n) is 4.37. The molecule has 5 heteroatoms. The molecule has 0 saturated heterocycles. The summed E-state index contributed by atoms with van der Waals surface area (Å²) < 4.78 is 26.7. The fraction of sp³-hybridized carbons (Fsp3) is 0.455. The molecule has 0 spiro atoms. The number of benzene rings is 1. The molecule has 1 saturated carbocycles. The predicted octanol–water partition coefficient (Wildman–Crippen LogP) is 1.73. The number of rotatable bonds is 4. The normalized spacial score (nSPS) is 17.2. The van der Waals surface area contributed by atoms with E-state index in [1.165, 1.54) is 0 Å². The standard InChI is InChI=1S/C11H14F2N2O/c12-8-3-7(14)4-9(13)10(8)15-5-11(6-16)1-2-11/h3-4,15-16H,1-2,5-6,14H2. The lowest BCUT2D eigenvalue weighted by molar-refractivity contribution is 0.219. The molecule has 4 N–H and O–H groups in total. The van der Waals surface area contributed by atoms with Crippen LogP contribution in [0.2, 0.25) is 0 Å². The van der Waals surface area contributed by atoms with Gasteiger partial charge in [0.1, 0.15) is 5.69 Å². The van der Waals surface area contributed by atoms with Crippen molar-refractivity contribution >= 4 is 11.4 Å². The molecule has 0 heterocycles. The molecular weight excluding hydrogens is 214 g/mol. The van der Waals surface area contributed by atoms with E-state index >= 15 is 0 Å². The molecule has 0 radical (unpaired) electrons. The van der Waals surface area contributed by atoms with Crippen molar-refractivity contribution in [2.75, 3.05) is 24.2 Å². The topological polar surface area (TPSA) is 58.3 Å². The SMILES string of the molecule is Nc1cc(F)c(NCC2(CO)CC2)c(F)c1. The highest BCUT2D eigenvalue weighted by Gasteiger charge is 2.41. The van der Waals surface area contributed by atoms with E-state index in [4.69, 9.17) is 10.8 Å². The van der Waals surface area contributed by atoms with Gasteiger partial charge in [0, 0.05) is 17.6 Å². The largest absolute Gasteiger partial charge is 0.399 e. The minimum absolute atomic E-state index is 0.0399. The molecule has 0 atom stereocenters. The summed E-state index contributed by atoms with van der Waals surface area (Å²) in [6.07, 6.45) is 1.77. The first-order valence-electron chi connectivity index (χ1n) is 5.16. The molecule has 0 bridgehead atoms. The van der Waals surface area contributed by atoms with Crippen molar-refractivity contribution in [1.29, 1.82) is 0 Å². The lowest BCUT2D eigenvalue weighted by Gasteiger charge is -2.15. The molecule has 1 aromatic rings. The van der Waals surface area contributed by atoms with Gasteiger partial charge < -0.3 is 16.2 Å². The Kier molecular flexibility index (Phi) is 2.71. The number of halogens is 2. The molecule has 0 amide bonds. The highest BCUT2D eigenvalue weighted by Crippen LogP contribution is 2.45. The first-order valence-corrected chi connectivity index (χ1v) is 5.16. The third-order valence-electron chi connectivity index (χ3n) is 3.00. The van der Waals surface area contributed by atoms with Gasteiger partial charge in [0.2, 0.25) is 0 Å². The number of aliphatic hydroxyl groups is 1. The van der Waals surface area contributed by atoms with Crippen LogP contribution in [0, 0.1) is 17.0 Å². The molecule has 1 aliphatic rings. The Morgan fingerprint density at radius 1 is 1.31 bits per heavy atom. The zero-order valence-electron chi connectivity index (χ0n) is 8.76. The molecule has 88 valence electrons. The maximum Gasteiger partial charge on any atom is 0.151 e. The third kappa shape index (κ3) is 2.09. The van der Waals surface area contributed by atoms with E-state index in [9.17, 15) is 8.78 Å². The van der Waals surface area contributed by atoms with E-state index in [-0.39, 0.29) is 23.4 Å². The van der Waals surface area contributed by atoms with Crippen LogP contribution in [0.15, 0.2) is 12.1 Å². The molecule has 1 aromatic carbocycles. The van der Waals surface area contributed by atoms with Gasteiger partial charge in [0.25, 0.3) is 0 Å². The van der Waals surface area contributed by atoms with Crippen LogP contribution in [0.3, 0.4) is 0 Å². The highest BCUT2D eigenvalue weighted by atomic mass is 19.1. The lowest BCUT2D eigenvalue weighted by atomic mass is 10.1. The van der Waals surface area contributed by atoms with Crippen LogP contribution in [-0.2, 0) is 0 Å². The van der Waals surface area contributed by atoms with E-state index in [0.717, 1.165) is 25.0 Å². The predicted molar refractivity (Wildman–Crippen MR) is 58.0 cm³/mol. The summed E-state index contributed by atoms with van der Waals surface area (Å²) in [7, 11) is 0. The van der Waals surface area contributed by atoms with Crippen molar-refractivity contribution in [3.05, 3.63) is 23.8 Å². The number of nitrogens with two attached hydrogens (primary N) is 1. The van der Waals surface area contributed by atoms with Crippen molar-refractivity contribution in [2.45, 2.75) is 12.8 Å². The minimum atomic E-state index is -0.703.